The van der Waals surface area contributed by atoms with Gasteiger partial charge in [0.25, 0.3) is 10.0 Å². The number of carbonyl (C=O) groups is 1. The van der Waals surface area contributed by atoms with Gasteiger partial charge in [0, 0.05) is 23.5 Å². The molecule has 0 fully saturated rings. The first-order valence-electron chi connectivity index (χ1n) is 10.9. The van der Waals surface area contributed by atoms with E-state index in [1.54, 1.807) is 45.2 Å². The standard InChI is InChI=1S/C25H28N4O5S/c1-5-14-34-22-12-6-19(16-23(22)33-4)7-13-25(30)28-20-8-10-21(11-9-20)35(31,32)29-24-15-17(2)26-18(3)27-24/h6-13,15-16H,5,14H2,1-4H3,(H,28,30)(H,26,27,29)/b13-7+. The van der Waals surface area contributed by atoms with E-state index in [1.165, 1.54) is 30.3 Å². The van der Waals surface area contributed by atoms with Gasteiger partial charge in [0.2, 0.25) is 5.91 Å². The number of aryl methyl sites for hydroxylation is 2. The van der Waals surface area contributed by atoms with Gasteiger partial charge in [-0.25, -0.2) is 18.4 Å². The Morgan fingerprint density at radius 3 is 2.43 bits per heavy atom. The number of hydrogen-bond donors (Lipinski definition) is 2. The normalized spacial score (nSPS) is 11.3. The summed E-state index contributed by atoms with van der Waals surface area (Å²) in [6.07, 6.45) is 3.92. The molecule has 0 radical (unpaired) electrons. The number of methoxy groups -OCH3 is 1. The molecule has 35 heavy (non-hydrogen) atoms. The van der Waals surface area contributed by atoms with Crippen molar-refractivity contribution in [1.29, 1.82) is 0 Å². The lowest BCUT2D eigenvalue weighted by molar-refractivity contribution is -0.111. The first-order valence-corrected chi connectivity index (χ1v) is 12.4. The van der Waals surface area contributed by atoms with E-state index in [2.05, 4.69) is 20.0 Å². The molecule has 0 saturated carbocycles. The van der Waals surface area contributed by atoms with Gasteiger partial charge in [0.1, 0.15) is 11.6 Å². The smallest absolute Gasteiger partial charge is 0.263 e. The second-order valence-corrected chi connectivity index (χ2v) is 9.34. The van der Waals surface area contributed by atoms with E-state index < -0.39 is 10.0 Å². The van der Waals surface area contributed by atoms with Crippen molar-refractivity contribution in [3.63, 3.8) is 0 Å². The number of sulfonamides is 1. The van der Waals surface area contributed by atoms with Crippen molar-refractivity contribution in [3.8, 4) is 11.5 Å². The Bertz CT molecular complexity index is 1300. The number of amides is 1. The summed E-state index contributed by atoms with van der Waals surface area (Å²) in [5.74, 6) is 1.52. The molecule has 184 valence electrons. The Kier molecular flexibility index (Phi) is 8.43. The van der Waals surface area contributed by atoms with Crippen LogP contribution in [0.5, 0.6) is 11.5 Å². The molecule has 10 heteroatoms. The lowest BCUT2D eigenvalue weighted by Gasteiger charge is -2.10. The summed E-state index contributed by atoms with van der Waals surface area (Å²) in [6.45, 7) is 6.05. The molecule has 0 aliphatic heterocycles. The van der Waals surface area contributed by atoms with Gasteiger partial charge in [0.15, 0.2) is 11.5 Å². The zero-order valence-corrected chi connectivity index (χ0v) is 20.8. The van der Waals surface area contributed by atoms with Crippen molar-refractivity contribution in [2.75, 3.05) is 23.8 Å². The van der Waals surface area contributed by atoms with E-state index in [-0.39, 0.29) is 16.6 Å². The lowest BCUT2D eigenvalue weighted by atomic mass is 10.2. The molecule has 0 spiro atoms. The van der Waals surface area contributed by atoms with Gasteiger partial charge in [-0.1, -0.05) is 13.0 Å². The average molecular weight is 497 g/mol. The third kappa shape index (κ3) is 7.28. The van der Waals surface area contributed by atoms with Crippen LogP contribution >= 0.6 is 0 Å². The van der Waals surface area contributed by atoms with Crippen molar-refractivity contribution < 1.29 is 22.7 Å². The van der Waals surface area contributed by atoms with Crippen LogP contribution in [0.3, 0.4) is 0 Å². The van der Waals surface area contributed by atoms with E-state index in [1.807, 2.05) is 13.0 Å². The number of carbonyl (C=O) groups excluding carboxylic acids is 1. The maximum Gasteiger partial charge on any atom is 0.263 e. The molecule has 2 N–H and O–H groups in total. The van der Waals surface area contributed by atoms with Gasteiger partial charge in [-0.2, -0.15) is 0 Å². The highest BCUT2D eigenvalue weighted by molar-refractivity contribution is 7.92. The van der Waals surface area contributed by atoms with Crippen molar-refractivity contribution in [2.24, 2.45) is 0 Å². The van der Waals surface area contributed by atoms with Gasteiger partial charge in [0.05, 0.1) is 18.6 Å². The molecule has 2 aromatic carbocycles. The molecule has 9 nitrogen and oxygen atoms in total. The van der Waals surface area contributed by atoms with Crippen LogP contribution in [-0.2, 0) is 14.8 Å². The Hall–Kier alpha value is -3.92. The average Bonchev–Trinajstić information content (AvgIpc) is 2.81. The zero-order valence-electron chi connectivity index (χ0n) is 20.0. The number of hydrogen-bond acceptors (Lipinski definition) is 7. The van der Waals surface area contributed by atoms with Gasteiger partial charge in [-0.3, -0.25) is 9.52 Å². The number of ether oxygens (including phenoxy) is 2. The van der Waals surface area contributed by atoms with Gasteiger partial charge >= 0.3 is 0 Å². The molecule has 3 aromatic rings. The second kappa shape index (κ2) is 11.5. The van der Waals surface area contributed by atoms with Crippen LogP contribution in [-0.4, -0.2) is 38.0 Å². The quantitative estimate of drug-likeness (QED) is 0.401. The van der Waals surface area contributed by atoms with Crippen LogP contribution in [0.15, 0.2) is 59.5 Å². The third-order valence-electron chi connectivity index (χ3n) is 4.71. The largest absolute Gasteiger partial charge is 0.493 e. The molecule has 0 atom stereocenters. The molecular formula is C25H28N4O5S. The summed E-state index contributed by atoms with van der Waals surface area (Å²) in [6, 6.07) is 12.8. The summed E-state index contributed by atoms with van der Waals surface area (Å²) >= 11 is 0. The fourth-order valence-corrected chi connectivity index (χ4v) is 4.15. The summed E-state index contributed by atoms with van der Waals surface area (Å²) in [7, 11) is -2.28. The van der Waals surface area contributed by atoms with Crippen LogP contribution in [0.25, 0.3) is 6.08 Å². The second-order valence-electron chi connectivity index (χ2n) is 7.65. The highest BCUT2D eigenvalue weighted by atomic mass is 32.2. The minimum atomic E-state index is -3.84. The fourth-order valence-electron chi connectivity index (χ4n) is 3.16. The van der Waals surface area contributed by atoms with E-state index in [4.69, 9.17) is 9.47 Å². The van der Waals surface area contributed by atoms with Crippen molar-refractivity contribution in [1.82, 2.24) is 9.97 Å². The molecular weight excluding hydrogens is 468 g/mol. The molecule has 1 aromatic heterocycles. The Balaban J connectivity index is 1.64. The summed E-state index contributed by atoms with van der Waals surface area (Å²) < 4.78 is 38.8. The topological polar surface area (TPSA) is 120 Å². The minimum absolute atomic E-state index is 0.0393. The SMILES string of the molecule is CCCOc1ccc(/C=C/C(=O)Nc2ccc(S(=O)(=O)Nc3cc(C)nc(C)n3)cc2)cc1OC. The van der Waals surface area contributed by atoms with Crippen molar-refractivity contribution in [2.45, 2.75) is 32.1 Å². The number of nitrogens with one attached hydrogen (secondary N) is 2. The number of nitrogens with zero attached hydrogens (tertiary/aromatic N) is 2. The summed E-state index contributed by atoms with van der Waals surface area (Å²) in [5, 5.41) is 2.71. The maximum atomic E-state index is 12.7. The van der Waals surface area contributed by atoms with Gasteiger partial charge < -0.3 is 14.8 Å². The van der Waals surface area contributed by atoms with Gasteiger partial charge in [-0.05, 0) is 68.3 Å². The zero-order chi connectivity index (χ0) is 25.4. The predicted molar refractivity (Wildman–Crippen MR) is 135 cm³/mol. The molecule has 0 saturated heterocycles. The summed E-state index contributed by atoms with van der Waals surface area (Å²) in [5.41, 5.74) is 1.87. The maximum absolute atomic E-state index is 12.7. The number of aromatic nitrogens is 2. The van der Waals surface area contributed by atoms with Crippen LogP contribution in [0, 0.1) is 13.8 Å². The first-order chi connectivity index (χ1) is 16.7. The fraction of sp³-hybridized carbons (Fsp3) is 0.240. The van der Waals surface area contributed by atoms with Crippen LogP contribution < -0.4 is 19.5 Å². The molecule has 0 aliphatic rings. The minimum Gasteiger partial charge on any atom is -0.493 e. The molecule has 0 bridgehead atoms. The van der Waals surface area contributed by atoms with Crippen LogP contribution in [0.2, 0.25) is 0 Å². The molecule has 0 unspecified atom stereocenters. The van der Waals surface area contributed by atoms with Gasteiger partial charge in [-0.15, -0.1) is 0 Å². The van der Waals surface area contributed by atoms with E-state index in [0.717, 1.165) is 12.0 Å². The molecule has 0 aliphatic carbocycles. The highest BCUT2D eigenvalue weighted by Crippen LogP contribution is 2.28. The number of benzene rings is 2. The number of rotatable bonds is 10. The summed E-state index contributed by atoms with van der Waals surface area (Å²) in [4.78, 5) is 20.6. The van der Waals surface area contributed by atoms with Crippen molar-refractivity contribution in [3.05, 3.63) is 71.7 Å². The van der Waals surface area contributed by atoms with Crippen LogP contribution in [0.4, 0.5) is 11.5 Å². The molecule has 1 heterocycles. The lowest BCUT2D eigenvalue weighted by Crippen LogP contribution is -2.15. The van der Waals surface area contributed by atoms with E-state index in [9.17, 15) is 13.2 Å². The third-order valence-corrected chi connectivity index (χ3v) is 6.08. The van der Waals surface area contributed by atoms with E-state index >= 15 is 0 Å². The van der Waals surface area contributed by atoms with E-state index in [0.29, 0.717) is 35.3 Å². The predicted octanol–water partition coefficient (Wildman–Crippen LogP) is 4.34. The Morgan fingerprint density at radius 2 is 1.77 bits per heavy atom. The molecule has 1 amide bonds. The first kappa shape index (κ1) is 25.7. The molecule has 3 rings (SSSR count). The highest BCUT2D eigenvalue weighted by Gasteiger charge is 2.15. The monoisotopic (exact) mass is 496 g/mol. The number of anilines is 2. The Morgan fingerprint density at radius 1 is 1.03 bits per heavy atom. The van der Waals surface area contributed by atoms with Crippen LogP contribution in [0.1, 0.15) is 30.4 Å². The van der Waals surface area contributed by atoms with Crippen molar-refractivity contribution >= 4 is 33.5 Å². The Labute approximate surface area is 205 Å².